The molecule has 3 fully saturated rings. The third-order valence-corrected chi connectivity index (χ3v) is 6.33. The summed E-state index contributed by atoms with van der Waals surface area (Å²) in [6.07, 6.45) is 1.16. The van der Waals surface area contributed by atoms with E-state index in [0.717, 1.165) is 18.0 Å². The largest absolute Gasteiger partial charge is 0.376 e. The van der Waals surface area contributed by atoms with Gasteiger partial charge < -0.3 is 15.0 Å². The van der Waals surface area contributed by atoms with Crippen LogP contribution >= 0.6 is 11.3 Å². The van der Waals surface area contributed by atoms with Crippen LogP contribution in [0, 0.1) is 30.6 Å². The maximum atomic E-state index is 12.4. The number of amides is 2. The Bertz CT molecular complexity index is 661. The molecule has 24 heavy (non-hydrogen) atoms. The normalized spacial score (nSPS) is 34.2. The van der Waals surface area contributed by atoms with E-state index >= 15 is 0 Å². The third-order valence-electron chi connectivity index (χ3n) is 5.55. The van der Waals surface area contributed by atoms with Gasteiger partial charge in [-0.05, 0) is 19.3 Å². The van der Waals surface area contributed by atoms with Crippen LogP contribution < -0.4 is 5.32 Å². The Labute approximate surface area is 145 Å². The van der Waals surface area contributed by atoms with Crippen molar-refractivity contribution in [2.75, 3.05) is 26.2 Å². The zero-order valence-electron chi connectivity index (χ0n) is 14.0. The number of carbonyl (C=O) groups excluding carboxylic acids is 2. The lowest BCUT2D eigenvalue weighted by atomic mass is 9.93. The highest BCUT2D eigenvalue weighted by Crippen LogP contribution is 2.41. The molecule has 3 heterocycles. The molecule has 1 aromatic heterocycles. The first-order valence-corrected chi connectivity index (χ1v) is 9.51. The number of ether oxygens (including phenoxy) is 1. The van der Waals surface area contributed by atoms with Crippen molar-refractivity contribution in [2.45, 2.75) is 26.4 Å². The van der Waals surface area contributed by atoms with Crippen molar-refractivity contribution in [3.8, 4) is 0 Å². The first kappa shape index (κ1) is 16.0. The Balaban J connectivity index is 1.31. The van der Waals surface area contributed by atoms with E-state index < -0.39 is 0 Å². The minimum atomic E-state index is -0.125. The number of aromatic nitrogens is 1. The van der Waals surface area contributed by atoms with Crippen LogP contribution in [-0.4, -0.2) is 54.0 Å². The molecule has 2 unspecified atom stereocenters. The van der Waals surface area contributed by atoms with Gasteiger partial charge in [0.25, 0.3) is 5.91 Å². The van der Waals surface area contributed by atoms with E-state index in [9.17, 15) is 9.59 Å². The number of aryl methyl sites for hydroxylation is 1. The van der Waals surface area contributed by atoms with Gasteiger partial charge in [0.15, 0.2) is 0 Å². The summed E-state index contributed by atoms with van der Waals surface area (Å²) in [5, 5.41) is 5.65. The number of thiazole rings is 1. The lowest BCUT2D eigenvalue weighted by molar-refractivity contribution is -0.132. The molecule has 4 rings (SSSR count). The fraction of sp³-hybridized carbons (Fsp3) is 0.706. The van der Waals surface area contributed by atoms with E-state index in [1.807, 2.05) is 11.8 Å². The number of hydrogen-bond donors (Lipinski definition) is 1. The van der Waals surface area contributed by atoms with Crippen LogP contribution in [0.5, 0.6) is 0 Å². The van der Waals surface area contributed by atoms with Crippen LogP contribution in [0.25, 0.3) is 0 Å². The summed E-state index contributed by atoms with van der Waals surface area (Å²) in [7, 11) is 0. The Morgan fingerprint density at radius 2 is 2.25 bits per heavy atom. The van der Waals surface area contributed by atoms with E-state index in [4.69, 9.17) is 4.74 Å². The molecule has 5 atom stereocenters. The lowest BCUT2D eigenvalue weighted by Gasteiger charge is -2.20. The van der Waals surface area contributed by atoms with E-state index in [0.29, 0.717) is 43.1 Å². The summed E-state index contributed by atoms with van der Waals surface area (Å²) in [5.74, 6) is 1.54. The molecule has 7 heteroatoms. The molecule has 0 aromatic carbocycles. The number of nitrogens with zero attached hydrogens (tertiary/aromatic N) is 2. The second-order valence-electron chi connectivity index (χ2n) is 7.32. The molecule has 2 saturated heterocycles. The SMILES string of the molecule is Cc1nc(C(=O)NC[C@H]2CO[C@@H]3CN(C(=O)C4CC4C)C[C@H]23)cs1. The van der Waals surface area contributed by atoms with Gasteiger partial charge in [-0.1, -0.05) is 6.92 Å². The fourth-order valence-corrected chi connectivity index (χ4v) is 4.46. The Kier molecular flexibility index (Phi) is 4.08. The predicted octanol–water partition coefficient (Wildman–Crippen LogP) is 1.31. The highest BCUT2D eigenvalue weighted by atomic mass is 32.1. The quantitative estimate of drug-likeness (QED) is 0.890. The fourth-order valence-electron chi connectivity index (χ4n) is 3.87. The Morgan fingerprint density at radius 3 is 2.92 bits per heavy atom. The van der Waals surface area contributed by atoms with E-state index in [-0.39, 0.29) is 23.8 Å². The maximum absolute atomic E-state index is 12.4. The van der Waals surface area contributed by atoms with Crippen molar-refractivity contribution in [1.82, 2.24) is 15.2 Å². The van der Waals surface area contributed by atoms with Crippen molar-refractivity contribution in [3.05, 3.63) is 16.1 Å². The van der Waals surface area contributed by atoms with Crippen molar-refractivity contribution in [3.63, 3.8) is 0 Å². The van der Waals surface area contributed by atoms with Crippen LogP contribution in [0.15, 0.2) is 5.38 Å². The third kappa shape index (κ3) is 2.95. The number of carbonyl (C=O) groups is 2. The van der Waals surface area contributed by atoms with Crippen LogP contribution in [-0.2, 0) is 9.53 Å². The minimum absolute atomic E-state index is 0.125. The highest BCUT2D eigenvalue weighted by molar-refractivity contribution is 7.09. The summed E-state index contributed by atoms with van der Waals surface area (Å²) in [4.78, 5) is 30.7. The highest BCUT2D eigenvalue weighted by Gasteiger charge is 2.49. The van der Waals surface area contributed by atoms with Gasteiger partial charge in [-0.15, -0.1) is 11.3 Å². The molecule has 0 spiro atoms. The van der Waals surface area contributed by atoms with E-state index in [1.54, 1.807) is 5.38 Å². The molecule has 0 radical (unpaired) electrons. The molecule has 130 valence electrons. The molecule has 3 aliphatic rings. The molecule has 1 N–H and O–H groups in total. The van der Waals surface area contributed by atoms with Gasteiger partial charge >= 0.3 is 0 Å². The standard InChI is InChI=1S/C17H23N3O3S/c1-9-3-12(9)17(22)20-5-13-11(7-23-15(13)6-20)4-18-16(21)14-8-24-10(2)19-14/h8-9,11-13,15H,3-7H2,1-2H3,(H,18,21)/t9?,11-,12?,13+,15+/m0/s1. The molecule has 0 bridgehead atoms. The second-order valence-corrected chi connectivity index (χ2v) is 8.38. The number of fused-ring (bicyclic) bond motifs is 1. The number of hydrogen-bond acceptors (Lipinski definition) is 5. The summed E-state index contributed by atoms with van der Waals surface area (Å²) in [5.41, 5.74) is 0.485. The molecule has 2 aliphatic heterocycles. The summed E-state index contributed by atoms with van der Waals surface area (Å²) >= 11 is 1.48. The zero-order chi connectivity index (χ0) is 16.8. The Hall–Kier alpha value is -1.47. The molecule has 2 amide bonds. The van der Waals surface area contributed by atoms with E-state index in [2.05, 4.69) is 17.2 Å². The van der Waals surface area contributed by atoms with Crippen molar-refractivity contribution in [1.29, 1.82) is 0 Å². The van der Waals surface area contributed by atoms with Crippen LogP contribution in [0.4, 0.5) is 0 Å². The summed E-state index contributed by atoms with van der Waals surface area (Å²) in [6.45, 7) is 6.74. The van der Waals surface area contributed by atoms with Gasteiger partial charge in [-0.3, -0.25) is 9.59 Å². The van der Waals surface area contributed by atoms with Crippen LogP contribution in [0.1, 0.15) is 28.8 Å². The summed E-state index contributed by atoms with van der Waals surface area (Å²) in [6, 6.07) is 0. The number of likely N-dealkylation sites (tertiary alicyclic amines) is 1. The lowest BCUT2D eigenvalue weighted by Crippen LogP contribution is -2.36. The topological polar surface area (TPSA) is 71.5 Å². The first-order chi connectivity index (χ1) is 11.5. The van der Waals surface area contributed by atoms with Crippen LogP contribution in [0.3, 0.4) is 0 Å². The van der Waals surface area contributed by atoms with Crippen molar-refractivity contribution < 1.29 is 14.3 Å². The molecule has 1 saturated carbocycles. The minimum Gasteiger partial charge on any atom is -0.376 e. The van der Waals surface area contributed by atoms with Gasteiger partial charge in [0.1, 0.15) is 5.69 Å². The van der Waals surface area contributed by atoms with E-state index in [1.165, 1.54) is 11.3 Å². The molecular weight excluding hydrogens is 326 g/mol. The van der Waals surface area contributed by atoms with Crippen LogP contribution in [0.2, 0.25) is 0 Å². The number of nitrogens with one attached hydrogen (secondary N) is 1. The zero-order valence-corrected chi connectivity index (χ0v) is 14.8. The smallest absolute Gasteiger partial charge is 0.270 e. The van der Waals surface area contributed by atoms with Crippen molar-refractivity contribution >= 4 is 23.2 Å². The molecular formula is C17H23N3O3S. The van der Waals surface area contributed by atoms with Gasteiger partial charge in [0.2, 0.25) is 5.91 Å². The van der Waals surface area contributed by atoms with Gasteiger partial charge in [0.05, 0.1) is 17.7 Å². The monoisotopic (exact) mass is 349 g/mol. The first-order valence-electron chi connectivity index (χ1n) is 8.63. The Morgan fingerprint density at radius 1 is 1.46 bits per heavy atom. The molecule has 6 nitrogen and oxygen atoms in total. The second kappa shape index (κ2) is 6.11. The predicted molar refractivity (Wildman–Crippen MR) is 89.8 cm³/mol. The summed E-state index contributed by atoms with van der Waals surface area (Å²) < 4.78 is 5.88. The number of rotatable bonds is 4. The molecule has 1 aromatic rings. The van der Waals surface area contributed by atoms with Gasteiger partial charge in [-0.2, -0.15) is 0 Å². The maximum Gasteiger partial charge on any atom is 0.270 e. The van der Waals surface area contributed by atoms with Gasteiger partial charge in [-0.25, -0.2) is 4.98 Å². The average molecular weight is 349 g/mol. The molecule has 1 aliphatic carbocycles. The van der Waals surface area contributed by atoms with Crippen molar-refractivity contribution in [2.24, 2.45) is 23.7 Å². The average Bonchev–Trinajstić information content (AvgIpc) is 2.95. The van der Waals surface area contributed by atoms with Gasteiger partial charge in [0, 0.05) is 42.8 Å².